The van der Waals surface area contributed by atoms with Crippen LogP contribution in [-0.4, -0.2) is 28.0 Å². The molecule has 0 aliphatic carbocycles. The first-order valence-electron chi connectivity index (χ1n) is 8.02. The molecule has 2 aromatic heterocycles. The molecule has 7 nitrogen and oxygen atoms in total. The zero-order chi connectivity index (χ0) is 18.4. The molecule has 1 N–H and O–H groups in total. The Morgan fingerprint density at radius 2 is 2.00 bits per heavy atom. The van der Waals surface area contributed by atoms with E-state index in [0.29, 0.717) is 16.8 Å². The van der Waals surface area contributed by atoms with Gasteiger partial charge in [0.25, 0.3) is 11.5 Å². The molecule has 1 aromatic carbocycles. The van der Waals surface area contributed by atoms with Gasteiger partial charge in [-0.25, -0.2) is 4.98 Å². The van der Waals surface area contributed by atoms with Gasteiger partial charge in [0.15, 0.2) is 6.61 Å². The molecule has 134 valence electrons. The summed E-state index contributed by atoms with van der Waals surface area (Å²) in [5.41, 5.74) is 0.771. The highest BCUT2D eigenvalue weighted by atomic mass is 32.1. The fourth-order valence-corrected chi connectivity index (χ4v) is 3.05. The molecule has 0 aliphatic rings. The van der Waals surface area contributed by atoms with Crippen molar-refractivity contribution < 1.29 is 14.3 Å². The Balaban J connectivity index is 1.43. The Morgan fingerprint density at radius 1 is 1.19 bits per heavy atom. The van der Waals surface area contributed by atoms with E-state index >= 15 is 0 Å². The van der Waals surface area contributed by atoms with Gasteiger partial charge in [-0.1, -0.05) is 30.3 Å². The molecule has 0 aliphatic heterocycles. The maximum Gasteiger partial charge on any atom is 0.308 e. The monoisotopic (exact) mass is 371 g/mol. The highest BCUT2D eigenvalue weighted by Gasteiger charge is 2.10. The topological polar surface area (TPSA) is 90.3 Å². The zero-order valence-corrected chi connectivity index (χ0v) is 14.7. The Hall–Kier alpha value is -3.00. The van der Waals surface area contributed by atoms with E-state index in [9.17, 15) is 14.4 Å². The van der Waals surface area contributed by atoms with Crippen LogP contribution in [0.4, 0.5) is 0 Å². The van der Waals surface area contributed by atoms with Crippen LogP contribution in [0, 0.1) is 0 Å². The number of nitrogens with one attached hydrogen (secondary N) is 1. The number of hydrogen-bond donors (Lipinski definition) is 1. The molecule has 26 heavy (non-hydrogen) atoms. The average molecular weight is 371 g/mol. The van der Waals surface area contributed by atoms with E-state index in [2.05, 4.69) is 10.3 Å². The first kappa shape index (κ1) is 17.8. The van der Waals surface area contributed by atoms with E-state index in [0.717, 1.165) is 5.56 Å². The van der Waals surface area contributed by atoms with E-state index in [1.54, 1.807) is 11.4 Å². The van der Waals surface area contributed by atoms with E-state index in [-0.39, 0.29) is 31.0 Å². The first-order valence-corrected chi connectivity index (χ1v) is 8.90. The van der Waals surface area contributed by atoms with Crippen LogP contribution >= 0.6 is 11.3 Å². The smallest absolute Gasteiger partial charge is 0.308 e. The number of esters is 1. The standard InChI is InChI=1S/C18H17N3O4S/c22-15(19-10-13-4-2-1-3-5-13)11-25-16(23)6-8-21-12-20-17-14(18(21)24)7-9-26-17/h1-5,7,9,12H,6,8,10-11H2,(H,19,22). The summed E-state index contributed by atoms with van der Waals surface area (Å²) >= 11 is 1.39. The molecule has 3 rings (SSSR count). The number of amides is 1. The number of aryl methyl sites for hydroxylation is 1. The van der Waals surface area contributed by atoms with Crippen molar-refractivity contribution in [1.29, 1.82) is 0 Å². The predicted molar refractivity (Wildman–Crippen MR) is 97.7 cm³/mol. The van der Waals surface area contributed by atoms with Crippen molar-refractivity contribution in [3.8, 4) is 0 Å². The molecule has 0 bridgehead atoms. The summed E-state index contributed by atoms with van der Waals surface area (Å²) in [6.07, 6.45) is 1.41. The Bertz CT molecular complexity index is 965. The highest BCUT2D eigenvalue weighted by Crippen LogP contribution is 2.13. The van der Waals surface area contributed by atoms with Gasteiger partial charge >= 0.3 is 5.97 Å². The van der Waals surface area contributed by atoms with Crippen LogP contribution in [0.2, 0.25) is 0 Å². The number of benzene rings is 1. The number of carbonyl (C=O) groups is 2. The van der Waals surface area contributed by atoms with E-state index in [1.807, 2.05) is 30.3 Å². The molecular formula is C18H17N3O4S. The van der Waals surface area contributed by atoms with Crippen LogP contribution in [0.5, 0.6) is 0 Å². The van der Waals surface area contributed by atoms with Crippen molar-refractivity contribution in [3.63, 3.8) is 0 Å². The third-order valence-electron chi connectivity index (χ3n) is 3.70. The molecule has 3 aromatic rings. The lowest BCUT2D eigenvalue weighted by Crippen LogP contribution is -2.29. The summed E-state index contributed by atoms with van der Waals surface area (Å²) in [7, 11) is 0. The second-order valence-corrected chi connectivity index (χ2v) is 6.45. The Morgan fingerprint density at radius 3 is 2.81 bits per heavy atom. The molecule has 0 fully saturated rings. The third-order valence-corrected chi connectivity index (χ3v) is 4.52. The zero-order valence-electron chi connectivity index (χ0n) is 13.9. The van der Waals surface area contributed by atoms with Crippen molar-refractivity contribution in [2.75, 3.05) is 6.61 Å². The number of rotatable bonds is 7. The SMILES string of the molecule is O=C(COC(=O)CCn1cnc2sccc2c1=O)NCc1ccccc1. The van der Waals surface area contributed by atoms with Gasteiger partial charge in [0.1, 0.15) is 4.83 Å². The van der Waals surface area contributed by atoms with E-state index in [1.165, 1.54) is 22.2 Å². The highest BCUT2D eigenvalue weighted by molar-refractivity contribution is 7.16. The maximum atomic E-state index is 12.2. The molecule has 2 heterocycles. The number of carbonyl (C=O) groups excluding carboxylic acids is 2. The van der Waals surface area contributed by atoms with Gasteiger partial charge in [-0.3, -0.25) is 19.0 Å². The fraction of sp³-hybridized carbons (Fsp3) is 0.222. The van der Waals surface area contributed by atoms with Crippen molar-refractivity contribution >= 4 is 33.4 Å². The van der Waals surface area contributed by atoms with Crippen LogP contribution in [-0.2, 0) is 27.4 Å². The molecule has 0 atom stereocenters. The summed E-state index contributed by atoms with van der Waals surface area (Å²) in [6, 6.07) is 11.1. The maximum absolute atomic E-state index is 12.2. The molecular weight excluding hydrogens is 354 g/mol. The van der Waals surface area contributed by atoms with Crippen molar-refractivity contribution in [3.05, 3.63) is 64.0 Å². The fourth-order valence-electron chi connectivity index (χ4n) is 2.33. The van der Waals surface area contributed by atoms with Crippen molar-refractivity contribution in [2.24, 2.45) is 0 Å². The number of ether oxygens (including phenoxy) is 1. The van der Waals surface area contributed by atoms with Gasteiger partial charge in [-0.05, 0) is 17.0 Å². The largest absolute Gasteiger partial charge is 0.456 e. The van der Waals surface area contributed by atoms with Crippen LogP contribution in [0.3, 0.4) is 0 Å². The number of thiophene rings is 1. The van der Waals surface area contributed by atoms with Crippen LogP contribution < -0.4 is 10.9 Å². The molecule has 8 heteroatoms. The number of nitrogens with zero attached hydrogens (tertiary/aromatic N) is 2. The lowest BCUT2D eigenvalue weighted by Gasteiger charge is -2.07. The third kappa shape index (κ3) is 4.54. The Kier molecular flexibility index (Phi) is 5.75. The molecule has 0 unspecified atom stereocenters. The average Bonchev–Trinajstić information content (AvgIpc) is 3.14. The molecule has 0 radical (unpaired) electrons. The summed E-state index contributed by atoms with van der Waals surface area (Å²) < 4.78 is 6.31. The van der Waals surface area contributed by atoms with Gasteiger partial charge < -0.3 is 10.1 Å². The summed E-state index contributed by atoms with van der Waals surface area (Å²) in [5, 5.41) is 5.00. The summed E-state index contributed by atoms with van der Waals surface area (Å²) in [4.78, 5) is 40.5. The summed E-state index contributed by atoms with van der Waals surface area (Å²) in [5.74, 6) is -0.919. The summed E-state index contributed by atoms with van der Waals surface area (Å²) in [6.45, 7) is 0.184. The lowest BCUT2D eigenvalue weighted by molar-refractivity contribution is -0.148. The van der Waals surface area contributed by atoms with E-state index in [4.69, 9.17) is 4.74 Å². The van der Waals surface area contributed by atoms with Gasteiger partial charge in [0.05, 0.1) is 18.1 Å². The lowest BCUT2D eigenvalue weighted by atomic mass is 10.2. The van der Waals surface area contributed by atoms with Gasteiger partial charge in [-0.2, -0.15) is 0 Å². The van der Waals surface area contributed by atoms with Crippen LogP contribution in [0.25, 0.3) is 10.2 Å². The molecule has 0 saturated carbocycles. The minimum Gasteiger partial charge on any atom is -0.456 e. The van der Waals surface area contributed by atoms with E-state index < -0.39 is 5.97 Å². The second-order valence-electron chi connectivity index (χ2n) is 5.56. The second kappa shape index (κ2) is 8.39. The number of hydrogen-bond acceptors (Lipinski definition) is 6. The predicted octanol–water partition coefficient (Wildman–Crippen LogP) is 1.71. The van der Waals surface area contributed by atoms with Crippen LogP contribution in [0.15, 0.2) is 52.9 Å². The number of fused-ring (bicyclic) bond motifs is 1. The first-order chi connectivity index (χ1) is 12.6. The Labute approximate surface area is 153 Å². The van der Waals surface area contributed by atoms with Gasteiger partial charge in [0.2, 0.25) is 0 Å². The molecule has 1 amide bonds. The number of aromatic nitrogens is 2. The van der Waals surface area contributed by atoms with Crippen LogP contribution in [0.1, 0.15) is 12.0 Å². The normalized spacial score (nSPS) is 10.6. The minimum atomic E-state index is -0.544. The minimum absolute atomic E-state index is 0.0107. The molecule has 0 spiro atoms. The molecule has 0 saturated heterocycles. The quantitative estimate of drug-likeness (QED) is 0.639. The van der Waals surface area contributed by atoms with Gasteiger partial charge in [0, 0.05) is 13.1 Å². The van der Waals surface area contributed by atoms with Crippen molar-refractivity contribution in [2.45, 2.75) is 19.5 Å². The van der Waals surface area contributed by atoms with Gasteiger partial charge in [-0.15, -0.1) is 11.3 Å². The van der Waals surface area contributed by atoms with Crippen molar-refractivity contribution in [1.82, 2.24) is 14.9 Å².